The highest BCUT2D eigenvalue weighted by molar-refractivity contribution is 6.93. The van der Waals surface area contributed by atoms with Crippen LogP contribution in [0, 0.1) is 0 Å². The molecule has 0 radical (unpaired) electrons. The molecule has 3 heteroatoms. The van der Waals surface area contributed by atoms with E-state index in [1.54, 1.807) is 12.1 Å². The first-order chi connectivity index (χ1) is 6.47. The van der Waals surface area contributed by atoms with Crippen LogP contribution in [0.25, 0.3) is 0 Å². The number of carbonyl (C=O) groups excluding carboxylic acids is 1. The Kier molecular flexibility index (Phi) is 3.29. The van der Waals surface area contributed by atoms with Crippen molar-refractivity contribution in [3.8, 4) is 0 Å². The van der Waals surface area contributed by atoms with E-state index in [1.165, 1.54) is 5.19 Å². The second-order valence-electron chi connectivity index (χ2n) is 3.78. The summed E-state index contributed by atoms with van der Waals surface area (Å²) in [5, 5.41) is 0.851. The van der Waals surface area contributed by atoms with Gasteiger partial charge >= 0.3 is 0 Å². The van der Waals surface area contributed by atoms with Crippen molar-refractivity contribution in [3.05, 3.63) is 42.1 Å². The van der Waals surface area contributed by atoms with E-state index in [4.69, 9.17) is 11.6 Å². The second-order valence-corrected chi connectivity index (χ2v) is 8.55. The lowest BCUT2D eigenvalue weighted by Gasteiger charge is -2.17. The van der Waals surface area contributed by atoms with Crippen molar-refractivity contribution < 1.29 is 4.79 Å². The Morgan fingerprint density at radius 3 is 2.21 bits per heavy atom. The molecule has 1 rings (SSSR count). The largest absolute Gasteiger partial charge is 0.276 e. The number of hydrogen-bond donors (Lipinski definition) is 0. The normalized spacial score (nSPS) is 11.1. The minimum atomic E-state index is -1.50. The summed E-state index contributed by atoms with van der Waals surface area (Å²) in [5.74, 6) is 0. The molecular formula is C11H13ClOSi. The molecule has 14 heavy (non-hydrogen) atoms. The first-order valence-corrected chi connectivity index (χ1v) is 7.87. The summed E-state index contributed by atoms with van der Waals surface area (Å²) in [5.41, 5.74) is 2.56. The molecule has 1 nitrogen and oxygen atoms in total. The number of rotatable bonds is 3. The molecule has 0 fully saturated rings. The van der Waals surface area contributed by atoms with E-state index in [1.807, 2.05) is 17.8 Å². The van der Waals surface area contributed by atoms with Crippen LogP contribution in [-0.2, 0) is 0 Å². The number of carbonyl (C=O) groups is 1. The fourth-order valence-electron chi connectivity index (χ4n) is 1.15. The molecule has 0 unspecified atom stereocenters. The molecule has 0 saturated carbocycles. The first kappa shape index (κ1) is 11.2. The molecule has 1 aromatic rings. The Morgan fingerprint density at radius 2 is 1.86 bits per heavy atom. The van der Waals surface area contributed by atoms with Gasteiger partial charge in [0.25, 0.3) is 5.24 Å². The molecule has 1 aromatic carbocycles. The Morgan fingerprint density at radius 1 is 1.36 bits per heavy atom. The zero-order valence-corrected chi connectivity index (χ0v) is 10.1. The Balaban J connectivity index is 3.05. The zero-order valence-electron chi connectivity index (χ0n) is 8.38. The van der Waals surface area contributed by atoms with Gasteiger partial charge in [-0.25, -0.2) is 0 Å². The average Bonchev–Trinajstić information content (AvgIpc) is 2.18. The van der Waals surface area contributed by atoms with Gasteiger partial charge in [0.2, 0.25) is 0 Å². The van der Waals surface area contributed by atoms with Crippen molar-refractivity contribution in [1.29, 1.82) is 0 Å². The van der Waals surface area contributed by atoms with Crippen LogP contribution in [-0.4, -0.2) is 13.3 Å². The van der Waals surface area contributed by atoms with Crippen LogP contribution in [0.1, 0.15) is 10.4 Å². The van der Waals surface area contributed by atoms with Crippen LogP contribution in [0.15, 0.2) is 36.5 Å². The topological polar surface area (TPSA) is 17.1 Å². The summed E-state index contributed by atoms with van der Waals surface area (Å²) in [6.07, 6.45) is 0. The van der Waals surface area contributed by atoms with Gasteiger partial charge in [-0.15, -0.1) is 6.58 Å². The molecular weight excluding hydrogens is 212 g/mol. The van der Waals surface area contributed by atoms with E-state index >= 15 is 0 Å². The minimum absolute atomic E-state index is 0.408. The van der Waals surface area contributed by atoms with Gasteiger partial charge in [-0.1, -0.05) is 48.2 Å². The summed E-state index contributed by atoms with van der Waals surface area (Å²) in [6.45, 7) is 8.25. The van der Waals surface area contributed by atoms with Gasteiger partial charge in [-0.2, -0.15) is 0 Å². The van der Waals surface area contributed by atoms with Gasteiger partial charge in [-0.3, -0.25) is 4.79 Å². The molecule has 0 atom stereocenters. The molecule has 74 valence electrons. The smallest absolute Gasteiger partial charge is 0.252 e. The predicted molar refractivity (Wildman–Crippen MR) is 63.9 cm³/mol. The number of halogens is 1. The van der Waals surface area contributed by atoms with Gasteiger partial charge < -0.3 is 0 Å². The highest BCUT2D eigenvalue weighted by Gasteiger charge is 2.18. The quantitative estimate of drug-likeness (QED) is 0.570. The van der Waals surface area contributed by atoms with E-state index in [0.29, 0.717) is 5.56 Å². The van der Waals surface area contributed by atoms with Crippen LogP contribution in [0.3, 0.4) is 0 Å². The monoisotopic (exact) mass is 224 g/mol. The van der Waals surface area contributed by atoms with Crippen LogP contribution in [0.4, 0.5) is 0 Å². The fourth-order valence-corrected chi connectivity index (χ4v) is 2.54. The SMILES string of the molecule is C=C[Si](C)(C)c1ccc(C(=O)Cl)cc1. The molecule has 0 bridgehead atoms. The molecule has 0 N–H and O–H groups in total. The maximum atomic E-state index is 10.8. The number of hydrogen-bond acceptors (Lipinski definition) is 1. The summed E-state index contributed by atoms with van der Waals surface area (Å²) in [4.78, 5) is 10.8. The van der Waals surface area contributed by atoms with Crippen molar-refractivity contribution in [2.75, 3.05) is 0 Å². The van der Waals surface area contributed by atoms with Gasteiger partial charge in [-0.05, 0) is 11.6 Å². The lowest BCUT2D eigenvalue weighted by atomic mass is 10.2. The van der Waals surface area contributed by atoms with Crippen LogP contribution >= 0.6 is 11.6 Å². The molecule has 0 aliphatic carbocycles. The van der Waals surface area contributed by atoms with E-state index in [0.717, 1.165) is 0 Å². The maximum absolute atomic E-state index is 10.8. The Labute approximate surface area is 90.4 Å². The van der Waals surface area contributed by atoms with Gasteiger partial charge in [0.1, 0.15) is 8.07 Å². The molecule has 0 amide bonds. The third kappa shape index (κ3) is 2.34. The van der Waals surface area contributed by atoms with E-state index in [9.17, 15) is 4.79 Å². The highest BCUT2D eigenvalue weighted by Crippen LogP contribution is 2.07. The molecule has 0 saturated heterocycles. The molecule has 0 aliphatic heterocycles. The predicted octanol–water partition coefficient (Wildman–Crippen LogP) is 2.71. The van der Waals surface area contributed by atoms with Gasteiger partial charge in [0.05, 0.1) is 0 Å². The summed E-state index contributed by atoms with van der Waals surface area (Å²) < 4.78 is 0. The van der Waals surface area contributed by atoms with Crippen LogP contribution in [0.2, 0.25) is 13.1 Å². The Hall–Kier alpha value is -0.863. The average molecular weight is 225 g/mol. The molecule has 0 spiro atoms. The standard InChI is InChI=1S/C11H13ClOSi/c1-4-14(2,3)10-7-5-9(6-8-10)11(12)13/h4-8H,1H2,2-3H3. The third-order valence-corrected chi connectivity index (χ3v) is 5.43. The maximum Gasteiger partial charge on any atom is 0.252 e. The zero-order chi connectivity index (χ0) is 10.8. The molecule has 0 heterocycles. The lowest BCUT2D eigenvalue weighted by Crippen LogP contribution is -2.39. The number of benzene rings is 1. The lowest BCUT2D eigenvalue weighted by molar-refractivity contribution is 0.108. The Bertz CT molecular complexity index is 354. The summed E-state index contributed by atoms with van der Waals surface area (Å²) in [7, 11) is -1.50. The highest BCUT2D eigenvalue weighted by atomic mass is 35.5. The first-order valence-electron chi connectivity index (χ1n) is 4.41. The van der Waals surface area contributed by atoms with E-state index in [2.05, 4.69) is 19.7 Å². The van der Waals surface area contributed by atoms with E-state index in [-0.39, 0.29) is 0 Å². The third-order valence-electron chi connectivity index (χ3n) is 2.37. The van der Waals surface area contributed by atoms with Crippen molar-refractivity contribution in [3.63, 3.8) is 0 Å². The second kappa shape index (κ2) is 4.11. The van der Waals surface area contributed by atoms with Crippen molar-refractivity contribution in [1.82, 2.24) is 0 Å². The van der Waals surface area contributed by atoms with Gasteiger partial charge in [0, 0.05) is 5.56 Å². The van der Waals surface area contributed by atoms with Crippen LogP contribution in [0.5, 0.6) is 0 Å². The van der Waals surface area contributed by atoms with Crippen molar-refractivity contribution in [2.45, 2.75) is 13.1 Å². The molecule has 0 aromatic heterocycles. The molecule has 0 aliphatic rings. The minimum Gasteiger partial charge on any atom is -0.276 e. The summed E-state index contributed by atoms with van der Waals surface area (Å²) >= 11 is 5.36. The van der Waals surface area contributed by atoms with Crippen molar-refractivity contribution in [2.24, 2.45) is 0 Å². The fraction of sp³-hybridized carbons (Fsp3) is 0.182. The van der Waals surface area contributed by atoms with Crippen molar-refractivity contribution >= 4 is 30.1 Å². The van der Waals surface area contributed by atoms with Crippen LogP contribution < -0.4 is 5.19 Å². The van der Waals surface area contributed by atoms with Gasteiger partial charge in [0.15, 0.2) is 0 Å². The summed E-state index contributed by atoms with van der Waals surface area (Å²) in [6, 6.07) is 7.46. The van der Waals surface area contributed by atoms with E-state index < -0.39 is 13.3 Å².